The first-order valence-corrected chi connectivity index (χ1v) is 10.1. The molecule has 0 heterocycles. The molecule has 2 aromatic rings. The van der Waals surface area contributed by atoms with Crippen LogP contribution in [0.3, 0.4) is 0 Å². The van der Waals surface area contributed by atoms with E-state index in [1.807, 2.05) is 12.1 Å². The van der Waals surface area contributed by atoms with E-state index in [2.05, 4.69) is 32.6 Å². The van der Waals surface area contributed by atoms with Crippen molar-refractivity contribution < 1.29 is 17.9 Å². The van der Waals surface area contributed by atoms with Gasteiger partial charge in [-0.05, 0) is 71.5 Å². The Morgan fingerprint density at radius 3 is 2.52 bits per heavy atom. The van der Waals surface area contributed by atoms with Gasteiger partial charge in [0.2, 0.25) is 10.0 Å². The fourth-order valence-corrected chi connectivity index (χ4v) is 3.67. The van der Waals surface area contributed by atoms with Crippen molar-refractivity contribution in [2.75, 3.05) is 25.6 Å². The van der Waals surface area contributed by atoms with Crippen LogP contribution in [-0.2, 0) is 14.8 Å². The van der Waals surface area contributed by atoms with Crippen molar-refractivity contribution in [2.24, 2.45) is 0 Å². The lowest BCUT2D eigenvalue weighted by Crippen LogP contribution is -2.25. The van der Waals surface area contributed by atoms with E-state index < -0.39 is 10.0 Å². The summed E-state index contributed by atoms with van der Waals surface area (Å²) in [6.07, 6.45) is 0.597. The molecule has 0 aliphatic carbocycles. The van der Waals surface area contributed by atoms with Crippen LogP contribution in [0.1, 0.15) is 16.8 Å². The molecule has 6 nitrogen and oxygen atoms in total. The van der Waals surface area contributed by atoms with Gasteiger partial charge in [0.15, 0.2) is 0 Å². The zero-order chi connectivity index (χ0) is 18.3. The second-order valence-electron chi connectivity index (χ2n) is 5.23. The standard InChI is InChI=1S/C17H19IN2O4S/c1-24-11-3-10-19-25(22,23)16-8-6-15(7-9-16)20-17(21)13-4-2-5-14(18)12-13/h2,4-9,12,19H,3,10-11H2,1H3,(H,20,21). The highest BCUT2D eigenvalue weighted by Gasteiger charge is 2.13. The Morgan fingerprint density at radius 2 is 1.88 bits per heavy atom. The number of anilines is 1. The largest absolute Gasteiger partial charge is 0.385 e. The van der Waals surface area contributed by atoms with E-state index in [1.165, 1.54) is 12.1 Å². The smallest absolute Gasteiger partial charge is 0.255 e. The Labute approximate surface area is 161 Å². The minimum Gasteiger partial charge on any atom is -0.385 e. The maximum atomic E-state index is 12.2. The lowest BCUT2D eigenvalue weighted by Gasteiger charge is -2.09. The van der Waals surface area contributed by atoms with Gasteiger partial charge in [0, 0.05) is 35.1 Å². The highest BCUT2D eigenvalue weighted by Crippen LogP contribution is 2.16. The van der Waals surface area contributed by atoms with Crippen LogP contribution in [0.25, 0.3) is 0 Å². The molecule has 2 rings (SSSR count). The third-order valence-electron chi connectivity index (χ3n) is 3.33. The van der Waals surface area contributed by atoms with Crippen molar-refractivity contribution in [3.8, 4) is 0 Å². The summed E-state index contributed by atoms with van der Waals surface area (Å²) in [5.41, 5.74) is 1.07. The Bertz CT molecular complexity index is 823. The van der Waals surface area contributed by atoms with Gasteiger partial charge in [-0.1, -0.05) is 6.07 Å². The number of methoxy groups -OCH3 is 1. The minimum absolute atomic E-state index is 0.150. The van der Waals surface area contributed by atoms with Crippen LogP contribution in [0.2, 0.25) is 0 Å². The molecule has 0 spiro atoms. The normalized spacial score (nSPS) is 11.3. The molecule has 0 bridgehead atoms. The van der Waals surface area contributed by atoms with Gasteiger partial charge in [0.1, 0.15) is 0 Å². The predicted molar refractivity (Wildman–Crippen MR) is 105 cm³/mol. The maximum Gasteiger partial charge on any atom is 0.255 e. The minimum atomic E-state index is -3.56. The Balaban J connectivity index is 2.00. The van der Waals surface area contributed by atoms with Gasteiger partial charge in [-0.25, -0.2) is 13.1 Å². The topological polar surface area (TPSA) is 84.5 Å². The summed E-state index contributed by atoms with van der Waals surface area (Å²) >= 11 is 2.14. The van der Waals surface area contributed by atoms with Crippen molar-refractivity contribution in [1.29, 1.82) is 0 Å². The molecular weight excluding hydrogens is 455 g/mol. The third-order valence-corrected chi connectivity index (χ3v) is 5.47. The van der Waals surface area contributed by atoms with Gasteiger partial charge in [-0.2, -0.15) is 0 Å². The molecule has 0 saturated heterocycles. The Hall–Kier alpha value is -1.49. The summed E-state index contributed by atoms with van der Waals surface area (Å²) in [5, 5.41) is 2.75. The predicted octanol–water partition coefficient (Wildman–Crippen LogP) is 2.86. The van der Waals surface area contributed by atoms with E-state index >= 15 is 0 Å². The van der Waals surface area contributed by atoms with Gasteiger partial charge < -0.3 is 10.1 Å². The zero-order valence-electron chi connectivity index (χ0n) is 13.7. The maximum absolute atomic E-state index is 12.2. The molecule has 8 heteroatoms. The summed E-state index contributed by atoms with van der Waals surface area (Å²) in [6, 6.07) is 13.3. The molecule has 134 valence electrons. The number of nitrogens with one attached hydrogen (secondary N) is 2. The van der Waals surface area contributed by atoms with Crippen LogP contribution in [0.15, 0.2) is 53.4 Å². The van der Waals surface area contributed by atoms with Crippen LogP contribution >= 0.6 is 22.6 Å². The number of hydrogen-bond acceptors (Lipinski definition) is 4. The van der Waals surface area contributed by atoms with Crippen molar-refractivity contribution in [3.63, 3.8) is 0 Å². The molecule has 25 heavy (non-hydrogen) atoms. The number of amides is 1. The highest BCUT2D eigenvalue weighted by atomic mass is 127. The molecule has 1 amide bonds. The second-order valence-corrected chi connectivity index (χ2v) is 8.25. The van der Waals surface area contributed by atoms with Crippen LogP contribution in [0, 0.1) is 3.57 Å². The molecule has 0 radical (unpaired) electrons. The molecule has 0 aromatic heterocycles. The number of sulfonamides is 1. The first kappa shape index (κ1) is 19.8. The van der Waals surface area contributed by atoms with Crippen molar-refractivity contribution in [3.05, 3.63) is 57.7 Å². The van der Waals surface area contributed by atoms with Gasteiger partial charge in [0.25, 0.3) is 5.91 Å². The summed E-state index contributed by atoms with van der Waals surface area (Å²) < 4.78 is 32.6. The van der Waals surface area contributed by atoms with Gasteiger partial charge in [0.05, 0.1) is 4.90 Å². The van der Waals surface area contributed by atoms with E-state index in [0.717, 1.165) is 3.57 Å². The monoisotopic (exact) mass is 474 g/mol. The van der Waals surface area contributed by atoms with E-state index in [1.54, 1.807) is 31.4 Å². The molecule has 2 N–H and O–H groups in total. The van der Waals surface area contributed by atoms with E-state index in [4.69, 9.17) is 4.74 Å². The second kappa shape index (κ2) is 9.27. The van der Waals surface area contributed by atoms with Crippen LogP contribution in [0.5, 0.6) is 0 Å². The molecule has 0 atom stereocenters. The quantitative estimate of drug-likeness (QED) is 0.456. The third kappa shape index (κ3) is 6.07. The SMILES string of the molecule is COCCCNS(=O)(=O)c1ccc(NC(=O)c2cccc(I)c2)cc1. The van der Waals surface area contributed by atoms with Crippen LogP contribution < -0.4 is 10.0 Å². The Kier molecular flexibility index (Phi) is 7.36. The van der Waals surface area contributed by atoms with E-state index in [0.29, 0.717) is 30.8 Å². The van der Waals surface area contributed by atoms with Crippen LogP contribution in [-0.4, -0.2) is 34.6 Å². The lowest BCUT2D eigenvalue weighted by molar-refractivity contribution is 0.102. The van der Waals surface area contributed by atoms with Gasteiger partial charge in [-0.15, -0.1) is 0 Å². The molecule has 2 aromatic carbocycles. The van der Waals surface area contributed by atoms with Crippen molar-refractivity contribution >= 4 is 44.2 Å². The fraction of sp³-hybridized carbons (Fsp3) is 0.235. The lowest BCUT2D eigenvalue weighted by atomic mass is 10.2. The average molecular weight is 474 g/mol. The molecular formula is C17H19IN2O4S. The number of rotatable bonds is 8. The molecule has 0 saturated carbocycles. The first-order valence-electron chi connectivity index (χ1n) is 7.58. The highest BCUT2D eigenvalue weighted by molar-refractivity contribution is 14.1. The van der Waals surface area contributed by atoms with Crippen molar-refractivity contribution in [2.45, 2.75) is 11.3 Å². The fourth-order valence-electron chi connectivity index (χ4n) is 2.06. The Morgan fingerprint density at radius 1 is 1.16 bits per heavy atom. The average Bonchev–Trinajstić information content (AvgIpc) is 2.59. The number of benzene rings is 2. The number of ether oxygens (including phenoxy) is 1. The molecule has 0 aliphatic rings. The molecule has 0 fully saturated rings. The summed E-state index contributed by atoms with van der Waals surface area (Å²) in [6.45, 7) is 0.799. The summed E-state index contributed by atoms with van der Waals surface area (Å²) in [7, 11) is -2.00. The van der Waals surface area contributed by atoms with Crippen LogP contribution in [0.4, 0.5) is 5.69 Å². The number of carbonyl (C=O) groups is 1. The number of carbonyl (C=O) groups excluding carboxylic acids is 1. The zero-order valence-corrected chi connectivity index (χ0v) is 16.6. The summed E-state index contributed by atoms with van der Waals surface area (Å²) in [5.74, 6) is -0.244. The van der Waals surface area contributed by atoms with E-state index in [-0.39, 0.29) is 10.8 Å². The van der Waals surface area contributed by atoms with E-state index in [9.17, 15) is 13.2 Å². The van der Waals surface area contributed by atoms with Gasteiger partial charge >= 0.3 is 0 Å². The first-order chi connectivity index (χ1) is 11.9. The van der Waals surface area contributed by atoms with Gasteiger partial charge in [-0.3, -0.25) is 4.79 Å². The van der Waals surface area contributed by atoms with Crippen molar-refractivity contribution in [1.82, 2.24) is 4.72 Å². The number of halogens is 1. The molecule has 0 aliphatic heterocycles. The summed E-state index contributed by atoms with van der Waals surface area (Å²) in [4.78, 5) is 12.3. The molecule has 0 unspecified atom stereocenters. The number of hydrogen-bond donors (Lipinski definition) is 2.